The van der Waals surface area contributed by atoms with Crippen LogP contribution in [0.4, 0.5) is 10.1 Å². The molecule has 3 N–H and O–H groups in total. The van der Waals surface area contributed by atoms with Crippen molar-refractivity contribution in [1.82, 2.24) is 15.5 Å². The predicted octanol–water partition coefficient (Wildman–Crippen LogP) is 1.56. The van der Waals surface area contributed by atoms with Gasteiger partial charge in [0.15, 0.2) is 5.96 Å². The van der Waals surface area contributed by atoms with Gasteiger partial charge in [0.05, 0.1) is 6.54 Å². The summed E-state index contributed by atoms with van der Waals surface area (Å²) in [5.74, 6) is -0.373. The van der Waals surface area contributed by atoms with E-state index in [-0.39, 0.29) is 48.9 Å². The predicted molar refractivity (Wildman–Crippen MR) is 110 cm³/mol. The Kier molecular flexibility index (Phi) is 9.92. The number of guanidine groups is 1. The molecule has 0 bridgehead atoms. The fourth-order valence-corrected chi connectivity index (χ4v) is 2.50. The first-order valence-corrected chi connectivity index (χ1v) is 8.44. The second-order valence-electron chi connectivity index (χ2n) is 5.70. The largest absolute Gasteiger partial charge is 0.357 e. The van der Waals surface area contributed by atoms with Gasteiger partial charge < -0.3 is 20.9 Å². The summed E-state index contributed by atoms with van der Waals surface area (Å²) in [6.45, 7) is 4.09. The molecule has 1 aromatic rings. The van der Waals surface area contributed by atoms with E-state index in [9.17, 15) is 14.0 Å². The number of rotatable bonds is 6. The van der Waals surface area contributed by atoms with Crippen LogP contribution in [0.15, 0.2) is 29.3 Å². The highest BCUT2D eigenvalue weighted by Crippen LogP contribution is 2.08. The van der Waals surface area contributed by atoms with Gasteiger partial charge in [-0.05, 0) is 38.0 Å². The van der Waals surface area contributed by atoms with E-state index in [2.05, 4.69) is 20.9 Å². The molecule has 7 nitrogen and oxygen atoms in total. The second-order valence-corrected chi connectivity index (χ2v) is 5.70. The van der Waals surface area contributed by atoms with E-state index < -0.39 is 5.82 Å². The monoisotopic (exact) mass is 477 g/mol. The van der Waals surface area contributed by atoms with E-state index in [1.165, 1.54) is 18.2 Å². The zero-order valence-electron chi connectivity index (χ0n) is 14.8. The zero-order chi connectivity index (χ0) is 18.1. The third-order valence-corrected chi connectivity index (χ3v) is 3.70. The first-order valence-electron chi connectivity index (χ1n) is 8.44. The molecule has 0 radical (unpaired) electrons. The molecule has 0 aliphatic carbocycles. The van der Waals surface area contributed by atoms with Crippen LogP contribution in [0.3, 0.4) is 0 Å². The van der Waals surface area contributed by atoms with Gasteiger partial charge in [-0.25, -0.2) is 9.38 Å². The molecule has 0 saturated carbocycles. The molecule has 0 spiro atoms. The molecule has 1 heterocycles. The Labute approximate surface area is 169 Å². The van der Waals surface area contributed by atoms with Gasteiger partial charge in [-0.2, -0.15) is 0 Å². The van der Waals surface area contributed by atoms with Crippen LogP contribution < -0.4 is 16.0 Å². The summed E-state index contributed by atoms with van der Waals surface area (Å²) < 4.78 is 13.1. The Morgan fingerprint density at radius 2 is 1.96 bits per heavy atom. The van der Waals surface area contributed by atoms with Gasteiger partial charge in [-0.1, -0.05) is 6.07 Å². The maximum Gasteiger partial charge on any atom is 0.246 e. The minimum absolute atomic E-state index is 0. The molecule has 0 unspecified atom stereocenters. The number of amides is 2. The Bertz CT molecular complexity index is 635. The average Bonchev–Trinajstić information content (AvgIpc) is 3.12. The molecule has 1 saturated heterocycles. The van der Waals surface area contributed by atoms with Gasteiger partial charge in [-0.15, -0.1) is 24.0 Å². The summed E-state index contributed by atoms with van der Waals surface area (Å²) in [5, 5.41) is 8.49. The van der Waals surface area contributed by atoms with E-state index in [1.807, 2.05) is 11.8 Å². The summed E-state index contributed by atoms with van der Waals surface area (Å²) in [6.07, 6.45) is 2.08. The number of hydrogen-bond donors (Lipinski definition) is 3. The maximum absolute atomic E-state index is 13.1. The van der Waals surface area contributed by atoms with Crippen molar-refractivity contribution in [2.45, 2.75) is 19.8 Å². The minimum atomic E-state index is -0.420. The first kappa shape index (κ1) is 22.1. The third-order valence-electron chi connectivity index (χ3n) is 3.70. The van der Waals surface area contributed by atoms with Gasteiger partial charge in [0.1, 0.15) is 12.4 Å². The van der Waals surface area contributed by atoms with E-state index in [0.29, 0.717) is 18.2 Å². The summed E-state index contributed by atoms with van der Waals surface area (Å²) in [5.41, 5.74) is 0.377. The van der Waals surface area contributed by atoms with Crippen molar-refractivity contribution in [2.24, 2.45) is 4.99 Å². The van der Waals surface area contributed by atoms with Crippen LogP contribution >= 0.6 is 24.0 Å². The third kappa shape index (κ3) is 7.54. The number of carbonyl (C=O) groups excluding carboxylic acids is 2. The highest BCUT2D eigenvalue weighted by atomic mass is 127. The zero-order valence-corrected chi connectivity index (χ0v) is 17.1. The molecule has 9 heteroatoms. The lowest BCUT2D eigenvalue weighted by Gasteiger charge is -2.17. The summed E-state index contributed by atoms with van der Waals surface area (Å²) in [4.78, 5) is 29.9. The normalized spacial score (nSPS) is 13.8. The van der Waals surface area contributed by atoms with Crippen molar-refractivity contribution in [3.05, 3.63) is 30.1 Å². The summed E-state index contributed by atoms with van der Waals surface area (Å²) in [6, 6.07) is 5.66. The summed E-state index contributed by atoms with van der Waals surface area (Å²) >= 11 is 0. The fourth-order valence-electron chi connectivity index (χ4n) is 2.50. The van der Waals surface area contributed by atoms with Crippen LogP contribution in [0, 0.1) is 5.82 Å². The van der Waals surface area contributed by atoms with Crippen LogP contribution in [0.1, 0.15) is 19.8 Å². The molecule has 2 amide bonds. The smallest absolute Gasteiger partial charge is 0.246 e. The Hall–Kier alpha value is -1.91. The highest BCUT2D eigenvalue weighted by Gasteiger charge is 2.17. The molecule has 0 aromatic heterocycles. The van der Waals surface area contributed by atoms with Crippen LogP contribution in [-0.2, 0) is 9.59 Å². The number of hydrogen-bond acceptors (Lipinski definition) is 3. The number of likely N-dealkylation sites (tertiary alicyclic amines) is 1. The fraction of sp³-hybridized carbons (Fsp3) is 0.471. The molecule has 1 aliphatic heterocycles. The number of anilines is 1. The lowest BCUT2D eigenvalue weighted by Crippen LogP contribution is -2.44. The van der Waals surface area contributed by atoms with Crippen molar-refractivity contribution >= 4 is 47.4 Å². The highest BCUT2D eigenvalue weighted by molar-refractivity contribution is 14.0. The summed E-state index contributed by atoms with van der Waals surface area (Å²) in [7, 11) is 0. The number of aliphatic imine (C=N–C) groups is 1. The van der Waals surface area contributed by atoms with Crippen LogP contribution in [0.5, 0.6) is 0 Å². The first-order chi connectivity index (χ1) is 12.1. The number of carbonyl (C=O) groups is 2. The van der Waals surface area contributed by atoms with Crippen LogP contribution in [0.25, 0.3) is 0 Å². The standard InChI is InChI=1S/C17H24FN5O2.HI/c1-2-19-17(21-12-16(25)23-8-3-4-9-23)20-11-15(24)22-14-7-5-6-13(18)10-14;/h5-7,10H,2-4,8-9,11-12H2,1H3,(H,22,24)(H2,19,20,21);1H. The quantitative estimate of drug-likeness (QED) is 0.330. The lowest BCUT2D eigenvalue weighted by atomic mass is 10.3. The topological polar surface area (TPSA) is 85.8 Å². The SMILES string of the molecule is CCNC(=NCC(=O)Nc1cccc(F)c1)NCC(=O)N1CCCC1.I. The van der Waals surface area contributed by atoms with E-state index >= 15 is 0 Å². The van der Waals surface area contributed by atoms with E-state index in [0.717, 1.165) is 25.9 Å². The van der Waals surface area contributed by atoms with Crippen LogP contribution in [-0.4, -0.2) is 55.4 Å². The Balaban J connectivity index is 0.00000338. The minimum Gasteiger partial charge on any atom is -0.357 e. The number of halogens is 2. The van der Waals surface area contributed by atoms with Crippen molar-refractivity contribution in [2.75, 3.05) is 38.0 Å². The van der Waals surface area contributed by atoms with Crippen molar-refractivity contribution in [1.29, 1.82) is 0 Å². The van der Waals surface area contributed by atoms with Crippen molar-refractivity contribution < 1.29 is 14.0 Å². The van der Waals surface area contributed by atoms with Crippen molar-refractivity contribution in [3.8, 4) is 0 Å². The molecule has 2 rings (SSSR count). The Morgan fingerprint density at radius 3 is 2.62 bits per heavy atom. The molecule has 0 atom stereocenters. The van der Waals surface area contributed by atoms with Gasteiger partial charge in [0.25, 0.3) is 0 Å². The second kappa shape index (κ2) is 11.7. The Morgan fingerprint density at radius 1 is 1.23 bits per heavy atom. The molecule has 1 aliphatic rings. The lowest BCUT2D eigenvalue weighted by molar-refractivity contribution is -0.128. The maximum atomic E-state index is 13.1. The molecular weight excluding hydrogens is 452 g/mol. The number of nitrogens with zero attached hydrogens (tertiary/aromatic N) is 2. The number of benzene rings is 1. The van der Waals surface area contributed by atoms with Gasteiger partial charge >= 0.3 is 0 Å². The van der Waals surface area contributed by atoms with Gasteiger partial charge in [-0.3, -0.25) is 9.59 Å². The molecule has 144 valence electrons. The molecule has 1 aromatic carbocycles. The molecular formula is C17H25FIN5O2. The van der Waals surface area contributed by atoms with Gasteiger partial charge in [0.2, 0.25) is 11.8 Å². The molecule has 26 heavy (non-hydrogen) atoms. The number of nitrogens with one attached hydrogen (secondary N) is 3. The van der Waals surface area contributed by atoms with E-state index in [1.54, 1.807) is 6.07 Å². The van der Waals surface area contributed by atoms with Crippen LogP contribution in [0.2, 0.25) is 0 Å². The van der Waals surface area contributed by atoms with Gasteiger partial charge in [0, 0.05) is 25.3 Å². The molecule has 1 fully saturated rings. The average molecular weight is 477 g/mol. The van der Waals surface area contributed by atoms with Crippen molar-refractivity contribution in [3.63, 3.8) is 0 Å². The van der Waals surface area contributed by atoms with E-state index in [4.69, 9.17) is 0 Å².